The highest BCUT2D eigenvalue weighted by Crippen LogP contribution is 2.22. The summed E-state index contributed by atoms with van der Waals surface area (Å²) in [6.07, 6.45) is 2.00. The van der Waals surface area contributed by atoms with Gasteiger partial charge in [0, 0.05) is 25.1 Å². The highest BCUT2D eigenvalue weighted by Gasteiger charge is 2.22. The van der Waals surface area contributed by atoms with Gasteiger partial charge in [0.2, 0.25) is 0 Å². The molecule has 122 valence electrons. The number of amides is 1. The van der Waals surface area contributed by atoms with E-state index >= 15 is 0 Å². The van der Waals surface area contributed by atoms with Crippen LogP contribution < -0.4 is 0 Å². The third-order valence-electron chi connectivity index (χ3n) is 3.93. The van der Waals surface area contributed by atoms with Crippen molar-refractivity contribution in [2.45, 2.75) is 26.2 Å². The number of nitrogens with zero attached hydrogens (tertiary/aromatic N) is 1. The molecule has 1 aromatic heterocycles. The van der Waals surface area contributed by atoms with Crippen molar-refractivity contribution in [2.75, 3.05) is 13.1 Å². The molecule has 0 saturated heterocycles. The SMILES string of the molecule is CCC(CN(CC)C(=O)c1cc(C(=O)O)co1)c1ccccc1. The Hall–Kier alpha value is -2.56. The van der Waals surface area contributed by atoms with Crippen LogP contribution in [-0.2, 0) is 0 Å². The third-order valence-corrected chi connectivity index (χ3v) is 3.93. The van der Waals surface area contributed by atoms with E-state index in [9.17, 15) is 9.59 Å². The van der Waals surface area contributed by atoms with E-state index in [2.05, 4.69) is 19.1 Å². The van der Waals surface area contributed by atoms with Crippen LogP contribution in [0.2, 0.25) is 0 Å². The highest BCUT2D eigenvalue weighted by atomic mass is 16.4. The largest absolute Gasteiger partial charge is 0.478 e. The molecule has 1 amide bonds. The van der Waals surface area contributed by atoms with Gasteiger partial charge in [-0.3, -0.25) is 4.79 Å². The molecule has 0 saturated carbocycles. The molecule has 0 bridgehead atoms. The zero-order chi connectivity index (χ0) is 16.8. The number of furan rings is 1. The first-order valence-electron chi connectivity index (χ1n) is 7.72. The van der Waals surface area contributed by atoms with Crippen LogP contribution in [0.15, 0.2) is 47.1 Å². The predicted octanol–water partition coefficient (Wildman–Crippen LogP) is 3.63. The molecule has 2 aromatic rings. The number of hydrogen-bond acceptors (Lipinski definition) is 3. The molecule has 2 rings (SSSR count). The molecule has 5 heteroatoms. The maximum Gasteiger partial charge on any atom is 0.338 e. The normalized spacial score (nSPS) is 11.9. The van der Waals surface area contributed by atoms with Gasteiger partial charge in [-0.05, 0) is 18.9 Å². The molecule has 0 fully saturated rings. The minimum absolute atomic E-state index is 0.0143. The Morgan fingerprint density at radius 3 is 2.43 bits per heavy atom. The van der Waals surface area contributed by atoms with Crippen molar-refractivity contribution in [3.63, 3.8) is 0 Å². The molecule has 0 radical (unpaired) electrons. The summed E-state index contributed by atoms with van der Waals surface area (Å²) < 4.78 is 5.12. The quantitative estimate of drug-likeness (QED) is 0.847. The minimum Gasteiger partial charge on any atom is -0.478 e. The summed E-state index contributed by atoms with van der Waals surface area (Å²) in [5, 5.41) is 8.92. The second kappa shape index (κ2) is 7.63. The number of hydrogen-bond donors (Lipinski definition) is 1. The summed E-state index contributed by atoms with van der Waals surface area (Å²) in [6.45, 7) is 5.09. The molecule has 1 N–H and O–H groups in total. The highest BCUT2D eigenvalue weighted by molar-refractivity contribution is 5.95. The maximum atomic E-state index is 12.5. The first-order valence-corrected chi connectivity index (χ1v) is 7.72. The average Bonchev–Trinajstić information content (AvgIpc) is 3.06. The molecule has 1 unspecified atom stereocenters. The van der Waals surface area contributed by atoms with Crippen molar-refractivity contribution in [3.8, 4) is 0 Å². The molecule has 23 heavy (non-hydrogen) atoms. The Morgan fingerprint density at radius 2 is 1.91 bits per heavy atom. The fourth-order valence-electron chi connectivity index (χ4n) is 2.53. The second-order valence-corrected chi connectivity index (χ2v) is 5.36. The van der Waals surface area contributed by atoms with Crippen LogP contribution in [0.4, 0.5) is 0 Å². The van der Waals surface area contributed by atoms with Gasteiger partial charge in [0.25, 0.3) is 5.91 Å². The van der Waals surface area contributed by atoms with E-state index in [0.717, 1.165) is 12.7 Å². The third kappa shape index (κ3) is 4.00. The van der Waals surface area contributed by atoms with Crippen molar-refractivity contribution in [3.05, 3.63) is 59.5 Å². The van der Waals surface area contributed by atoms with Crippen molar-refractivity contribution < 1.29 is 19.1 Å². The number of carbonyl (C=O) groups excluding carboxylic acids is 1. The number of carbonyl (C=O) groups is 2. The number of aromatic carboxylic acids is 1. The molecule has 0 aliphatic carbocycles. The lowest BCUT2D eigenvalue weighted by Gasteiger charge is -2.25. The molecule has 0 aliphatic rings. The van der Waals surface area contributed by atoms with E-state index in [1.807, 2.05) is 25.1 Å². The summed E-state index contributed by atoms with van der Waals surface area (Å²) in [5.41, 5.74) is 1.17. The van der Waals surface area contributed by atoms with E-state index in [0.29, 0.717) is 13.1 Å². The van der Waals surface area contributed by atoms with E-state index in [-0.39, 0.29) is 23.1 Å². The van der Waals surface area contributed by atoms with Crippen LogP contribution in [0.25, 0.3) is 0 Å². The Kier molecular flexibility index (Phi) is 5.57. The molecule has 1 heterocycles. The molecule has 1 atom stereocenters. The first-order chi connectivity index (χ1) is 11.1. The standard InChI is InChI=1S/C18H21NO4/c1-3-13(14-8-6-5-7-9-14)11-19(4-2)17(20)16-10-15(12-23-16)18(21)22/h5-10,12-13H,3-4,11H2,1-2H3,(H,21,22). The summed E-state index contributed by atoms with van der Waals surface area (Å²) in [6, 6.07) is 11.3. The maximum absolute atomic E-state index is 12.5. The summed E-state index contributed by atoms with van der Waals surface area (Å²) >= 11 is 0. The Labute approximate surface area is 135 Å². The van der Waals surface area contributed by atoms with Crippen LogP contribution in [0.3, 0.4) is 0 Å². The zero-order valence-electron chi connectivity index (χ0n) is 13.4. The van der Waals surface area contributed by atoms with Crippen LogP contribution in [0.5, 0.6) is 0 Å². The fraction of sp³-hybridized carbons (Fsp3) is 0.333. The van der Waals surface area contributed by atoms with Gasteiger partial charge in [0.1, 0.15) is 6.26 Å². The van der Waals surface area contributed by atoms with Crippen molar-refractivity contribution in [1.29, 1.82) is 0 Å². The van der Waals surface area contributed by atoms with Crippen LogP contribution in [-0.4, -0.2) is 35.0 Å². The molecule has 0 spiro atoms. The molecule has 0 aliphatic heterocycles. The Bertz CT molecular complexity index is 663. The lowest BCUT2D eigenvalue weighted by atomic mass is 9.96. The van der Waals surface area contributed by atoms with Gasteiger partial charge in [-0.15, -0.1) is 0 Å². The number of benzene rings is 1. The molecular formula is C18H21NO4. The van der Waals surface area contributed by atoms with Gasteiger partial charge in [-0.2, -0.15) is 0 Å². The number of carboxylic acid groups (broad SMARTS) is 1. The summed E-state index contributed by atoms with van der Waals surface area (Å²) in [5.74, 6) is -1.10. The average molecular weight is 315 g/mol. The van der Waals surface area contributed by atoms with Crippen molar-refractivity contribution in [2.24, 2.45) is 0 Å². The van der Waals surface area contributed by atoms with Gasteiger partial charge in [-0.25, -0.2) is 4.79 Å². The van der Waals surface area contributed by atoms with E-state index in [1.54, 1.807) is 4.90 Å². The van der Waals surface area contributed by atoms with Gasteiger partial charge in [0.15, 0.2) is 5.76 Å². The lowest BCUT2D eigenvalue weighted by molar-refractivity contribution is 0.0693. The second-order valence-electron chi connectivity index (χ2n) is 5.36. The summed E-state index contributed by atoms with van der Waals surface area (Å²) in [4.78, 5) is 25.1. The topological polar surface area (TPSA) is 70.8 Å². The number of carboxylic acids is 1. The van der Waals surface area contributed by atoms with Gasteiger partial charge < -0.3 is 14.4 Å². The molecule has 5 nitrogen and oxygen atoms in total. The monoisotopic (exact) mass is 315 g/mol. The predicted molar refractivity (Wildman–Crippen MR) is 86.7 cm³/mol. The molecule has 1 aromatic carbocycles. The number of likely N-dealkylation sites (N-methyl/N-ethyl adjacent to an activating group) is 1. The Morgan fingerprint density at radius 1 is 1.22 bits per heavy atom. The van der Waals surface area contributed by atoms with E-state index in [1.165, 1.54) is 11.6 Å². The van der Waals surface area contributed by atoms with E-state index in [4.69, 9.17) is 9.52 Å². The van der Waals surface area contributed by atoms with Crippen LogP contribution in [0.1, 0.15) is 52.7 Å². The Balaban J connectivity index is 2.14. The molecular weight excluding hydrogens is 294 g/mol. The van der Waals surface area contributed by atoms with Gasteiger partial charge >= 0.3 is 5.97 Å². The van der Waals surface area contributed by atoms with Crippen molar-refractivity contribution in [1.82, 2.24) is 4.90 Å². The fourth-order valence-corrected chi connectivity index (χ4v) is 2.53. The lowest BCUT2D eigenvalue weighted by Crippen LogP contribution is -2.34. The first kappa shape index (κ1) is 16.8. The summed E-state index contributed by atoms with van der Waals surface area (Å²) in [7, 11) is 0. The number of rotatable bonds is 7. The van der Waals surface area contributed by atoms with E-state index < -0.39 is 5.97 Å². The van der Waals surface area contributed by atoms with Gasteiger partial charge in [-0.1, -0.05) is 37.3 Å². The van der Waals surface area contributed by atoms with Crippen LogP contribution >= 0.6 is 0 Å². The minimum atomic E-state index is -1.11. The van der Waals surface area contributed by atoms with Crippen LogP contribution in [0, 0.1) is 0 Å². The van der Waals surface area contributed by atoms with Gasteiger partial charge in [0.05, 0.1) is 5.56 Å². The van der Waals surface area contributed by atoms with Crippen molar-refractivity contribution >= 4 is 11.9 Å². The smallest absolute Gasteiger partial charge is 0.338 e. The zero-order valence-corrected chi connectivity index (χ0v) is 13.4.